The van der Waals surface area contributed by atoms with Gasteiger partial charge in [-0.3, -0.25) is 4.79 Å². The van der Waals surface area contributed by atoms with E-state index in [9.17, 15) is 4.79 Å². The molecule has 0 aliphatic carbocycles. The second-order valence-corrected chi connectivity index (χ2v) is 6.09. The highest BCUT2D eigenvalue weighted by Gasteiger charge is 2.29. The summed E-state index contributed by atoms with van der Waals surface area (Å²) in [5.74, 6) is 0.398. The van der Waals surface area contributed by atoms with E-state index in [4.69, 9.17) is 16.2 Å². The summed E-state index contributed by atoms with van der Waals surface area (Å²) in [7, 11) is 0. The van der Waals surface area contributed by atoms with Gasteiger partial charge in [-0.1, -0.05) is 29.8 Å². The number of nitrogens with two attached hydrogens (primary N) is 2. The fraction of sp³-hybridized carbons (Fsp3) is 0.500. The van der Waals surface area contributed by atoms with E-state index in [2.05, 4.69) is 15.9 Å². The molecule has 1 amide bonds. The van der Waals surface area contributed by atoms with Crippen molar-refractivity contribution in [3.05, 3.63) is 28.2 Å². The topological polar surface area (TPSA) is 78.3 Å². The van der Waals surface area contributed by atoms with Crippen LogP contribution in [0.4, 0.5) is 0 Å². The molecule has 0 saturated heterocycles. The van der Waals surface area contributed by atoms with E-state index in [0.29, 0.717) is 13.0 Å². The van der Waals surface area contributed by atoms with Gasteiger partial charge in [-0.15, -0.1) is 0 Å². The van der Waals surface area contributed by atoms with Gasteiger partial charge in [0.25, 0.3) is 0 Å². The zero-order valence-electron chi connectivity index (χ0n) is 11.6. The largest absolute Gasteiger partial charge is 0.494 e. The van der Waals surface area contributed by atoms with Crippen LogP contribution in [-0.2, 0) is 4.79 Å². The molecule has 106 valence electrons. The third-order valence-corrected chi connectivity index (χ3v) is 3.56. The van der Waals surface area contributed by atoms with E-state index in [-0.39, 0.29) is 11.9 Å². The molecule has 1 aromatic rings. The predicted molar refractivity (Wildman–Crippen MR) is 79.8 cm³/mol. The molecule has 0 aliphatic rings. The minimum atomic E-state index is -0.648. The minimum absolute atomic E-state index is 0.304. The molecule has 19 heavy (non-hydrogen) atoms. The number of hydrogen-bond donors (Lipinski definition) is 2. The Hall–Kier alpha value is -1.07. The van der Waals surface area contributed by atoms with Gasteiger partial charge in [-0.25, -0.2) is 0 Å². The van der Waals surface area contributed by atoms with E-state index in [1.54, 1.807) is 13.8 Å². The number of hydrogen-bond acceptors (Lipinski definition) is 3. The maximum absolute atomic E-state index is 11.4. The van der Waals surface area contributed by atoms with Gasteiger partial charge < -0.3 is 16.2 Å². The first-order valence-corrected chi connectivity index (χ1v) is 7.05. The van der Waals surface area contributed by atoms with E-state index in [1.165, 1.54) is 0 Å². The number of amides is 1. The molecule has 5 heteroatoms. The van der Waals surface area contributed by atoms with Crippen molar-refractivity contribution in [3.8, 4) is 5.75 Å². The predicted octanol–water partition coefficient (Wildman–Crippen LogP) is 2.75. The van der Waals surface area contributed by atoms with Gasteiger partial charge in [-0.05, 0) is 31.5 Å². The lowest BCUT2D eigenvalue weighted by Crippen LogP contribution is -2.34. The van der Waals surface area contributed by atoms with E-state index in [0.717, 1.165) is 15.8 Å². The number of primary amides is 1. The molecule has 0 aliphatic heterocycles. The highest BCUT2D eigenvalue weighted by Crippen LogP contribution is 2.34. The standard InChI is InChI=1S/C14H21BrN2O2/c1-4-19-12-6-5-9(15)7-10(12)11(16)8-14(2,3)13(17)18/h5-7,11H,4,8,16H2,1-3H3,(H2,17,18). The van der Waals surface area contributed by atoms with Crippen LogP contribution in [0.2, 0.25) is 0 Å². The first kappa shape index (κ1) is 16.0. The molecule has 0 bridgehead atoms. The molecule has 0 radical (unpaired) electrons. The molecule has 0 heterocycles. The lowest BCUT2D eigenvalue weighted by molar-refractivity contribution is -0.126. The van der Waals surface area contributed by atoms with Crippen LogP contribution in [0.5, 0.6) is 5.75 Å². The summed E-state index contributed by atoms with van der Waals surface area (Å²) in [4.78, 5) is 11.4. The van der Waals surface area contributed by atoms with Crippen LogP contribution in [-0.4, -0.2) is 12.5 Å². The highest BCUT2D eigenvalue weighted by molar-refractivity contribution is 9.10. The zero-order valence-corrected chi connectivity index (χ0v) is 13.2. The van der Waals surface area contributed by atoms with Crippen molar-refractivity contribution in [2.24, 2.45) is 16.9 Å². The molecular weight excluding hydrogens is 308 g/mol. The summed E-state index contributed by atoms with van der Waals surface area (Å²) in [5.41, 5.74) is 11.8. The molecule has 4 nitrogen and oxygen atoms in total. The fourth-order valence-corrected chi connectivity index (χ4v) is 2.24. The molecule has 4 N–H and O–H groups in total. The molecule has 1 rings (SSSR count). The second kappa shape index (κ2) is 6.39. The molecule has 0 spiro atoms. The van der Waals surface area contributed by atoms with E-state index >= 15 is 0 Å². The van der Waals surface area contributed by atoms with Gasteiger partial charge in [0.2, 0.25) is 5.91 Å². The van der Waals surface area contributed by atoms with Crippen molar-refractivity contribution in [2.75, 3.05) is 6.61 Å². The molecule has 1 atom stereocenters. The van der Waals surface area contributed by atoms with Gasteiger partial charge in [0.1, 0.15) is 5.75 Å². The molecule has 0 fully saturated rings. The number of carbonyl (C=O) groups excluding carboxylic acids is 1. The monoisotopic (exact) mass is 328 g/mol. The van der Waals surface area contributed by atoms with Crippen molar-refractivity contribution in [1.82, 2.24) is 0 Å². The van der Waals surface area contributed by atoms with Crippen molar-refractivity contribution in [3.63, 3.8) is 0 Å². The maximum Gasteiger partial charge on any atom is 0.223 e. The molecule has 1 unspecified atom stereocenters. The Labute approximate surface area is 122 Å². The first-order chi connectivity index (χ1) is 8.77. The number of halogens is 1. The first-order valence-electron chi connectivity index (χ1n) is 6.25. The summed E-state index contributed by atoms with van der Waals surface area (Å²) in [5, 5.41) is 0. The third-order valence-electron chi connectivity index (χ3n) is 3.07. The molecule has 0 saturated carbocycles. The Morgan fingerprint density at radius 2 is 2.11 bits per heavy atom. The quantitative estimate of drug-likeness (QED) is 0.842. The maximum atomic E-state index is 11.4. The van der Waals surface area contributed by atoms with Gasteiger partial charge in [0.05, 0.1) is 6.61 Å². The summed E-state index contributed by atoms with van der Waals surface area (Å²) in [6.07, 6.45) is 0.471. The van der Waals surface area contributed by atoms with Crippen LogP contribution < -0.4 is 16.2 Å². The Balaban J connectivity index is 3.01. The average Bonchev–Trinajstić information content (AvgIpc) is 2.30. The van der Waals surface area contributed by atoms with Gasteiger partial charge in [0, 0.05) is 21.5 Å². The summed E-state index contributed by atoms with van der Waals surface area (Å²) < 4.78 is 6.50. The van der Waals surface area contributed by atoms with Gasteiger partial charge >= 0.3 is 0 Å². The SMILES string of the molecule is CCOc1ccc(Br)cc1C(N)CC(C)(C)C(N)=O. The molecular formula is C14H21BrN2O2. The van der Waals surface area contributed by atoms with Crippen molar-refractivity contribution in [2.45, 2.75) is 33.2 Å². The minimum Gasteiger partial charge on any atom is -0.494 e. The Morgan fingerprint density at radius 3 is 2.63 bits per heavy atom. The second-order valence-electron chi connectivity index (χ2n) is 5.17. The van der Waals surface area contributed by atoms with Crippen molar-refractivity contribution in [1.29, 1.82) is 0 Å². The number of carbonyl (C=O) groups is 1. The van der Waals surface area contributed by atoms with Crippen LogP contribution in [0.15, 0.2) is 22.7 Å². The van der Waals surface area contributed by atoms with Crippen LogP contribution in [0.1, 0.15) is 38.8 Å². The van der Waals surface area contributed by atoms with Crippen LogP contribution >= 0.6 is 15.9 Å². The van der Waals surface area contributed by atoms with Crippen molar-refractivity contribution < 1.29 is 9.53 Å². The Morgan fingerprint density at radius 1 is 1.47 bits per heavy atom. The summed E-state index contributed by atoms with van der Waals surface area (Å²) in [6.45, 7) is 6.09. The summed E-state index contributed by atoms with van der Waals surface area (Å²) >= 11 is 3.42. The molecule has 0 aromatic heterocycles. The normalized spacial score (nSPS) is 13.1. The Bertz CT molecular complexity index is 461. The van der Waals surface area contributed by atoms with Crippen LogP contribution in [0.25, 0.3) is 0 Å². The number of benzene rings is 1. The third kappa shape index (κ3) is 4.21. The zero-order chi connectivity index (χ0) is 14.6. The van der Waals surface area contributed by atoms with Crippen LogP contribution in [0.3, 0.4) is 0 Å². The Kier molecular flexibility index (Phi) is 5.38. The van der Waals surface area contributed by atoms with Gasteiger partial charge in [-0.2, -0.15) is 0 Å². The summed E-state index contributed by atoms with van der Waals surface area (Å²) in [6, 6.07) is 5.40. The van der Waals surface area contributed by atoms with Crippen molar-refractivity contribution >= 4 is 21.8 Å². The highest BCUT2D eigenvalue weighted by atomic mass is 79.9. The van der Waals surface area contributed by atoms with E-state index < -0.39 is 5.41 Å². The van der Waals surface area contributed by atoms with Gasteiger partial charge in [0.15, 0.2) is 0 Å². The smallest absolute Gasteiger partial charge is 0.223 e. The average molecular weight is 329 g/mol. The lowest BCUT2D eigenvalue weighted by atomic mass is 9.83. The number of rotatable bonds is 6. The van der Waals surface area contributed by atoms with Crippen LogP contribution in [0, 0.1) is 5.41 Å². The molecule has 1 aromatic carbocycles. The van der Waals surface area contributed by atoms with E-state index in [1.807, 2.05) is 25.1 Å². The lowest BCUT2D eigenvalue weighted by Gasteiger charge is -2.26. The fourth-order valence-electron chi connectivity index (χ4n) is 1.86. The number of ether oxygens (including phenoxy) is 1.